The highest BCUT2D eigenvalue weighted by molar-refractivity contribution is 6.36. The van der Waals surface area contributed by atoms with Crippen molar-refractivity contribution in [2.24, 2.45) is 0 Å². The van der Waals surface area contributed by atoms with Crippen molar-refractivity contribution in [3.8, 4) is 6.07 Å². The second-order valence-corrected chi connectivity index (χ2v) is 6.88. The minimum Gasteiger partial charge on any atom is -0.371 e. The molecule has 1 heterocycles. The molecule has 1 aliphatic heterocycles. The summed E-state index contributed by atoms with van der Waals surface area (Å²) in [4.78, 5) is 2.42. The molecule has 0 saturated carbocycles. The number of hydrogen-bond acceptors (Lipinski definition) is 2. The zero-order valence-corrected chi connectivity index (χ0v) is 15.0. The first-order chi connectivity index (χ1) is 11.6. The van der Waals surface area contributed by atoms with E-state index in [0.717, 1.165) is 18.7 Å². The summed E-state index contributed by atoms with van der Waals surface area (Å²) < 4.78 is 0. The molecule has 0 aromatic heterocycles. The van der Waals surface area contributed by atoms with Crippen LogP contribution in [0.1, 0.15) is 29.5 Å². The van der Waals surface area contributed by atoms with E-state index in [-0.39, 0.29) is 0 Å². The molecule has 0 bridgehead atoms. The van der Waals surface area contributed by atoms with E-state index in [0.29, 0.717) is 21.2 Å². The fraction of sp³-hybridized carbons (Fsp3) is 0.250. The molecular weight excluding hydrogens is 339 g/mol. The average Bonchev–Trinajstić information content (AvgIpc) is 3.07. The highest BCUT2D eigenvalue weighted by Crippen LogP contribution is 2.30. The topological polar surface area (TPSA) is 27.0 Å². The van der Waals surface area contributed by atoms with Gasteiger partial charge in [0.05, 0.1) is 16.7 Å². The van der Waals surface area contributed by atoms with E-state index < -0.39 is 0 Å². The van der Waals surface area contributed by atoms with Crippen molar-refractivity contribution in [3.63, 3.8) is 0 Å². The molecule has 0 atom stereocenters. The Morgan fingerprint density at radius 1 is 1.12 bits per heavy atom. The third kappa shape index (κ3) is 3.59. The third-order valence-electron chi connectivity index (χ3n) is 4.32. The van der Waals surface area contributed by atoms with E-state index in [4.69, 9.17) is 23.2 Å². The van der Waals surface area contributed by atoms with Crippen LogP contribution in [0.15, 0.2) is 36.4 Å². The molecule has 1 fully saturated rings. The maximum atomic E-state index is 9.51. The number of nitriles is 1. The van der Waals surface area contributed by atoms with Gasteiger partial charge in [0.15, 0.2) is 0 Å². The molecule has 1 aliphatic rings. The van der Waals surface area contributed by atoms with E-state index in [2.05, 4.69) is 36.1 Å². The van der Waals surface area contributed by atoms with Crippen molar-refractivity contribution in [1.82, 2.24) is 0 Å². The van der Waals surface area contributed by atoms with Crippen LogP contribution in [0.3, 0.4) is 0 Å². The number of aryl methyl sites for hydroxylation is 1. The largest absolute Gasteiger partial charge is 0.371 e. The van der Waals surface area contributed by atoms with Crippen molar-refractivity contribution in [2.45, 2.75) is 19.8 Å². The summed E-state index contributed by atoms with van der Waals surface area (Å²) in [6.07, 6.45) is 4.39. The van der Waals surface area contributed by atoms with E-state index in [1.165, 1.54) is 24.1 Å². The standard InChI is InChI=1S/C20H18Cl2N2/c1-14-10-15(4-7-20(14)24-8-2-3-9-24)11-16(13-23)18-6-5-17(21)12-19(18)22/h4-7,10-12H,2-3,8-9H2,1H3/b16-11+. The van der Waals surface area contributed by atoms with Gasteiger partial charge in [0.1, 0.15) is 0 Å². The number of hydrogen-bond donors (Lipinski definition) is 0. The number of nitrogens with zero attached hydrogens (tertiary/aromatic N) is 2. The van der Waals surface area contributed by atoms with Gasteiger partial charge in [-0.2, -0.15) is 5.26 Å². The smallest absolute Gasteiger partial charge is 0.0998 e. The molecule has 1 saturated heterocycles. The van der Waals surface area contributed by atoms with Gasteiger partial charge in [-0.1, -0.05) is 35.3 Å². The first kappa shape index (κ1) is 16.9. The summed E-state index contributed by atoms with van der Waals surface area (Å²) in [7, 11) is 0. The summed E-state index contributed by atoms with van der Waals surface area (Å²) in [6, 6.07) is 13.7. The number of rotatable bonds is 3. The summed E-state index contributed by atoms with van der Waals surface area (Å²) >= 11 is 12.2. The summed E-state index contributed by atoms with van der Waals surface area (Å²) in [5.41, 5.74) is 4.74. The third-order valence-corrected chi connectivity index (χ3v) is 4.87. The first-order valence-electron chi connectivity index (χ1n) is 8.01. The van der Waals surface area contributed by atoms with Crippen LogP contribution in [0.5, 0.6) is 0 Å². The zero-order valence-electron chi connectivity index (χ0n) is 13.5. The van der Waals surface area contributed by atoms with Gasteiger partial charge in [-0.3, -0.25) is 0 Å². The fourth-order valence-electron chi connectivity index (χ4n) is 3.13. The van der Waals surface area contributed by atoms with Gasteiger partial charge in [-0.15, -0.1) is 0 Å². The molecule has 24 heavy (non-hydrogen) atoms. The highest BCUT2D eigenvalue weighted by atomic mass is 35.5. The lowest BCUT2D eigenvalue weighted by atomic mass is 10.0. The molecule has 4 heteroatoms. The average molecular weight is 357 g/mol. The van der Waals surface area contributed by atoms with E-state index in [9.17, 15) is 5.26 Å². The van der Waals surface area contributed by atoms with Crippen molar-refractivity contribution >= 4 is 40.5 Å². The van der Waals surface area contributed by atoms with Crippen LogP contribution < -0.4 is 4.90 Å². The molecule has 2 nitrogen and oxygen atoms in total. The second-order valence-electron chi connectivity index (χ2n) is 6.03. The Hall–Kier alpha value is -1.95. The SMILES string of the molecule is Cc1cc(/C=C(\C#N)c2ccc(Cl)cc2Cl)ccc1N1CCCC1. The molecule has 0 N–H and O–H groups in total. The van der Waals surface area contributed by atoms with Crippen LogP contribution in [0.25, 0.3) is 11.6 Å². The van der Waals surface area contributed by atoms with Crippen LogP contribution in [-0.4, -0.2) is 13.1 Å². The van der Waals surface area contributed by atoms with Crippen LogP contribution in [-0.2, 0) is 0 Å². The number of benzene rings is 2. The minimum absolute atomic E-state index is 0.487. The molecule has 2 aromatic carbocycles. The van der Waals surface area contributed by atoms with E-state index in [1.807, 2.05) is 6.08 Å². The summed E-state index contributed by atoms with van der Waals surface area (Å²) in [6.45, 7) is 4.37. The molecule has 0 spiro atoms. The monoisotopic (exact) mass is 356 g/mol. The molecule has 0 aliphatic carbocycles. The van der Waals surface area contributed by atoms with Crippen LogP contribution in [0.2, 0.25) is 10.0 Å². The minimum atomic E-state index is 0.487. The molecule has 0 amide bonds. The molecule has 0 unspecified atom stereocenters. The molecular formula is C20H18Cl2N2. The van der Waals surface area contributed by atoms with E-state index >= 15 is 0 Å². The van der Waals surface area contributed by atoms with Crippen molar-refractivity contribution in [3.05, 3.63) is 63.1 Å². The normalized spacial score (nSPS) is 14.8. The zero-order chi connectivity index (χ0) is 17.1. The van der Waals surface area contributed by atoms with Crippen molar-refractivity contribution in [1.29, 1.82) is 5.26 Å². The quantitative estimate of drug-likeness (QED) is 0.500. The maximum Gasteiger partial charge on any atom is 0.0998 e. The van der Waals surface area contributed by atoms with Crippen LogP contribution in [0.4, 0.5) is 5.69 Å². The van der Waals surface area contributed by atoms with Gasteiger partial charge in [0.2, 0.25) is 0 Å². The number of anilines is 1. The Morgan fingerprint density at radius 2 is 1.88 bits per heavy atom. The predicted molar refractivity (Wildman–Crippen MR) is 103 cm³/mol. The van der Waals surface area contributed by atoms with Crippen LogP contribution >= 0.6 is 23.2 Å². The predicted octanol–water partition coefficient (Wildman–Crippen LogP) is 5.97. The van der Waals surface area contributed by atoms with Gasteiger partial charge in [-0.25, -0.2) is 0 Å². The molecule has 3 rings (SSSR count). The van der Waals surface area contributed by atoms with Gasteiger partial charge in [0.25, 0.3) is 0 Å². The highest BCUT2D eigenvalue weighted by Gasteiger charge is 2.14. The summed E-state index contributed by atoms with van der Waals surface area (Å²) in [5.74, 6) is 0. The van der Waals surface area contributed by atoms with Crippen molar-refractivity contribution in [2.75, 3.05) is 18.0 Å². The van der Waals surface area contributed by atoms with Crippen LogP contribution in [0, 0.1) is 18.3 Å². The Bertz CT molecular complexity index is 828. The lowest BCUT2D eigenvalue weighted by molar-refractivity contribution is 0.949. The lowest BCUT2D eigenvalue weighted by Crippen LogP contribution is -2.18. The van der Waals surface area contributed by atoms with Gasteiger partial charge in [-0.05, 0) is 61.2 Å². The fourth-order valence-corrected chi connectivity index (χ4v) is 3.64. The molecule has 2 aromatic rings. The Kier molecular flexibility index (Phi) is 5.14. The van der Waals surface area contributed by atoms with Gasteiger partial charge >= 0.3 is 0 Å². The van der Waals surface area contributed by atoms with Crippen molar-refractivity contribution < 1.29 is 0 Å². The Labute approximate surface area is 152 Å². The number of allylic oxidation sites excluding steroid dienone is 1. The Balaban J connectivity index is 1.94. The van der Waals surface area contributed by atoms with E-state index in [1.54, 1.807) is 18.2 Å². The van der Waals surface area contributed by atoms with Gasteiger partial charge < -0.3 is 4.90 Å². The molecule has 0 radical (unpaired) electrons. The number of halogens is 2. The van der Waals surface area contributed by atoms with Gasteiger partial charge in [0, 0.05) is 29.4 Å². The first-order valence-corrected chi connectivity index (χ1v) is 8.77. The molecule has 122 valence electrons. The maximum absolute atomic E-state index is 9.51. The summed E-state index contributed by atoms with van der Waals surface area (Å²) in [5, 5.41) is 10.6. The lowest BCUT2D eigenvalue weighted by Gasteiger charge is -2.20. The Morgan fingerprint density at radius 3 is 2.50 bits per heavy atom. The second kappa shape index (κ2) is 7.30.